The molecule has 1 saturated carbocycles. The van der Waals surface area contributed by atoms with Gasteiger partial charge in [0.15, 0.2) is 0 Å². The maximum absolute atomic E-state index is 13.5. The number of nitrogens with zero attached hydrogens (tertiary/aromatic N) is 2. The van der Waals surface area contributed by atoms with Gasteiger partial charge in [0.2, 0.25) is 5.91 Å². The molecule has 5 nitrogen and oxygen atoms in total. The lowest BCUT2D eigenvalue weighted by Crippen LogP contribution is -2.44. The van der Waals surface area contributed by atoms with Crippen LogP contribution >= 0.6 is 23.2 Å². The van der Waals surface area contributed by atoms with Crippen molar-refractivity contribution in [1.29, 1.82) is 0 Å². The van der Waals surface area contributed by atoms with Gasteiger partial charge in [-0.15, -0.1) is 0 Å². The van der Waals surface area contributed by atoms with Gasteiger partial charge >= 0.3 is 12.4 Å². The molecule has 1 saturated heterocycles. The van der Waals surface area contributed by atoms with Crippen LogP contribution in [0.4, 0.5) is 26.3 Å². The van der Waals surface area contributed by atoms with Gasteiger partial charge in [0.1, 0.15) is 7.11 Å². The molecule has 0 spiro atoms. The van der Waals surface area contributed by atoms with E-state index in [9.17, 15) is 31.1 Å². The van der Waals surface area contributed by atoms with Crippen molar-refractivity contribution >= 4 is 34.8 Å². The van der Waals surface area contributed by atoms with Crippen LogP contribution in [0.3, 0.4) is 0 Å². The molecule has 1 aliphatic heterocycles. The van der Waals surface area contributed by atoms with Crippen LogP contribution < -0.4 is 5.32 Å². The Labute approximate surface area is 294 Å². The predicted octanol–water partition coefficient (Wildman–Crippen LogP) is 10.2. The number of amides is 1. The van der Waals surface area contributed by atoms with Gasteiger partial charge < -0.3 is 15.1 Å². The van der Waals surface area contributed by atoms with Crippen molar-refractivity contribution in [2.75, 3.05) is 33.3 Å². The number of halogens is 8. The van der Waals surface area contributed by atoms with Crippen LogP contribution in [0.15, 0.2) is 41.6 Å². The summed E-state index contributed by atoms with van der Waals surface area (Å²) in [7, 11) is 1.34. The first kappa shape index (κ1) is 39.3. The molecule has 1 amide bonds. The molecule has 0 radical (unpaired) electrons. The maximum Gasteiger partial charge on any atom is 0.416 e. The van der Waals surface area contributed by atoms with Crippen LogP contribution in [0, 0.1) is 17.8 Å². The van der Waals surface area contributed by atoms with Crippen LogP contribution in [0.2, 0.25) is 10.0 Å². The molecule has 2 fully saturated rings. The van der Waals surface area contributed by atoms with Gasteiger partial charge in [0.05, 0.1) is 26.9 Å². The zero-order chi connectivity index (χ0) is 35.8. The molecule has 3 unspecified atom stereocenters. The average molecular weight is 737 g/mol. The topological polar surface area (TPSA) is 53.9 Å². The summed E-state index contributed by atoms with van der Waals surface area (Å²) >= 11 is 12.5. The van der Waals surface area contributed by atoms with Gasteiger partial charge in [-0.05, 0) is 111 Å². The number of rotatable bonds is 17. The largest absolute Gasteiger partial charge is 0.416 e. The molecule has 4 rings (SSSR count). The Bertz CT molecular complexity index is 1400. The predicted molar refractivity (Wildman–Crippen MR) is 181 cm³/mol. The lowest BCUT2D eigenvalue weighted by Gasteiger charge is -2.35. The maximum atomic E-state index is 13.5. The number of carbonyl (C=O) groups is 1. The minimum Gasteiger partial charge on any atom is -0.399 e. The molecule has 13 heteroatoms. The summed E-state index contributed by atoms with van der Waals surface area (Å²) in [5.74, 6) is 1.13. The molecule has 272 valence electrons. The number of piperidine rings is 1. The zero-order valence-corrected chi connectivity index (χ0v) is 29.4. The molecule has 1 aliphatic carbocycles. The second-order valence-electron chi connectivity index (χ2n) is 13.3. The third-order valence-corrected chi connectivity index (χ3v) is 10.4. The second-order valence-corrected chi connectivity index (χ2v) is 14.1. The Morgan fingerprint density at radius 3 is 2.24 bits per heavy atom. The third kappa shape index (κ3) is 11.8. The van der Waals surface area contributed by atoms with E-state index >= 15 is 0 Å². The Morgan fingerprint density at radius 1 is 0.980 bits per heavy atom. The van der Waals surface area contributed by atoms with Crippen LogP contribution in [0.25, 0.3) is 0 Å². The molecule has 2 aliphatic rings. The smallest absolute Gasteiger partial charge is 0.399 e. The highest BCUT2D eigenvalue weighted by molar-refractivity contribution is 6.42. The van der Waals surface area contributed by atoms with Crippen molar-refractivity contribution in [3.05, 3.63) is 68.7 Å². The van der Waals surface area contributed by atoms with Crippen molar-refractivity contribution < 1.29 is 36.0 Å². The van der Waals surface area contributed by atoms with Crippen molar-refractivity contribution in [2.24, 2.45) is 22.9 Å². The molecule has 2 aromatic rings. The molecular weight excluding hydrogens is 691 g/mol. The fourth-order valence-corrected chi connectivity index (χ4v) is 6.99. The third-order valence-electron chi connectivity index (χ3n) is 9.63. The molecule has 1 N–H and O–H groups in total. The highest BCUT2D eigenvalue weighted by Crippen LogP contribution is 2.39. The van der Waals surface area contributed by atoms with Crippen LogP contribution in [0.5, 0.6) is 0 Å². The lowest BCUT2D eigenvalue weighted by molar-refractivity contribution is -0.143. The number of nitrogens with one attached hydrogen (secondary N) is 1. The SMILES string of the molecule is CCC(CCNCCC(/C(CCc1cc(C(F)(F)F)cc(C(F)(F)F)c1)=N\OC)c1ccc(Cl)c(Cl)c1)CN1CCCC(CC2CC2)C1=O. The van der Waals surface area contributed by atoms with E-state index in [0.717, 1.165) is 68.8 Å². The summed E-state index contributed by atoms with van der Waals surface area (Å²) in [6.45, 7) is 4.95. The second kappa shape index (κ2) is 17.6. The number of likely N-dealkylation sites (tertiary alicyclic amines) is 1. The van der Waals surface area contributed by atoms with E-state index in [-0.39, 0.29) is 30.4 Å². The number of benzene rings is 2. The minimum atomic E-state index is -4.94. The summed E-state index contributed by atoms with van der Waals surface area (Å²) < 4.78 is 80.9. The van der Waals surface area contributed by atoms with Crippen molar-refractivity contribution in [1.82, 2.24) is 10.2 Å². The van der Waals surface area contributed by atoms with Crippen molar-refractivity contribution in [2.45, 2.75) is 89.4 Å². The van der Waals surface area contributed by atoms with Crippen LogP contribution in [0.1, 0.15) is 92.9 Å². The first-order valence-electron chi connectivity index (χ1n) is 17.0. The molecule has 3 atom stereocenters. The standard InChI is InChI=1S/C36H45Cl2F6N3O2/c1-3-23(22-47-16-4-5-27(34(47)48)17-24-6-7-24)12-14-45-15-13-30(26-9-10-31(37)32(38)20-26)33(46-49-2)11-8-25-18-28(35(39,40)41)21-29(19-25)36(42,43)44/h9-10,18-21,23-24,27,30,45H,3-8,11-17,22H2,1-2H3/b46-33-. The van der Waals surface area contributed by atoms with Gasteiger partial charge in [-0.3, -0.25) is 4.79 Å². The first-order valence-corrected chi connectivity index (χ1v) is 17.8. The fraction of sp³-hybridized carbons (Fsp3) is 0.611. The van der Waals surface area contributed by atoms with E-state index in [2.05, 4.69) is 22.3 Å². The molecule has 1 heterocycles. The Hall–Kier alpha value is -2.50. The van der Waals surface area contributed by atoms with Gasteiger partial charge in [0, 0.05) is 24.9 Å². The Morgan fingerprint density at radius 2 is 1.65 bits per heavy atom. The summed E-state index contributed by atoms with van der Waals surface area (Å²) in [6.07, 6.45) is -2.08. The van der Waals surface area contributed by atoms with Gasteiger partial charge in [-0.2, -0.15) is 26.3 Å². The first-order chi connectivity index (χ1) is 23.2. The minimum absolute atomic E-state index is 0.0425. The van der Waals surface area contributed by atoms with E-state index < -0.39 is 29.4 Å². The molecule has 2 aromatic carbocycles. The van der Waals surface area contributed by atoms with Gasteiger partial charge in [0.25, 0.3) is 0 Å². The highest BCUT2D eigenvalue weighted by atomic mass is 35.5. The van der Waals surface area contributed by atoms with E-state index in [4.69, 9.17) is 28.0 Å². The van der Waals surface area contributed by atoms with Crippen molar-refractivity contribution in [3.8, 4) is 0 Å². The average Bonchev–Trinajstić information content (AvgIpc) is 3.87. The van der Waals surface area contributed by atoms with Crippen LogP contribution in [-0.4, -0.2) is 49.8 Å². The summed E-state index contributed by atoms with van der Waals surface area (Å²) in [5.41, 5.74) is -1.65. The number of oxime groups is 1. The number of aryl methyl sites for hydroxylation is 1. The number of hydrogen-bond donors (Lipinski definition) is 1. The molecular formula is C36H45Cl2F6N3O2. The Balaban J connectivity index is 1.41. The number of alkyl halides is 6. The summed E-state index contributed by atoms with van der Waals surface area (Å²) in [5, 5.41) is 8.31. The lowest BCUT2D eigenvalue weighted by atomic mass is 9.87. The number of carbonyl (C=O) groups excluding carboxylic acids is 1. The van der Waals surface area contributed by atoms with E-state index in [1.165, 1.54) is 20.0 Å². The van der Waals surface area contributed by atoms with E-state index in [1.807, 2.05) is 0 Å². The van der Waals surface area contributed by atoms with E-state index in [0.29, 0.717) is 47.1 Å². The normalized spacial score (nSPS) is 18.9. The quantitative estimate of drug-likeness (QED) is 0.0762. The highest BCUT2D eigenvalue weighted by Gasteiger charge is 2.37. The van der Waals surface area contributed by atoms with Crippen molar-refractivity contribution in [3.63, 3.8) is 0 Å². The van der Waals surface area contributed by atoms with Gasteiger partial charge in [-0.25, -0.2) is 0 Å². The monoisotopic (exact) mass is 735 g/mol. The zero-order valence-electron chi connectivity index (χ0n) is 27.9. The van der Waals surface area contributed by atoms with Crippen LogP contribution in [-0.2, 0) is 28.4 Å². The fourth-order valence-electron chi connectivity index (χ4n) is 6.68. The summed E-state index contributed by atoms with van der Waals surface area (Å²) in [4.78, 5) is 20.3. The van der Waals surface area contributed by atoms with Gasteiger partial charge in [-0.1, -0.05) is 60.6 Å². The molecule has 0 bridgehead atoms. The van der Waals surface area contributed by atoms with E-state index in [1.54, 1.807) is 18.2 Å². The molecule has 0 aromatic heterocycles. The molecule has 49 heavy (non-hydrogen) atoms. The Kier molecular flexibility index (Phi) is 14.1. The number of hydrogen-bond acceptors (Lipinski definition) is 4. The summed E-state index contributed by atoms with van der Waals surface area (Å²) in [6, 6.07) is 6.70.